The summed E-state index contributed by atoms with van der Waals surface area (Å²) in [7, 11) is 0. The summed E-state index contributed by atoms with van der Waals surface area (Å²) in [5.74, 6) is 0. The Bertz CT molecular complexity index is 399. The Hall–Kier alpha value is -1.69. The topological polar surface area (TPSA) is 55.6 Å². The molecule has 0 radical (unpaired) electrons. The van der Waals surface area contributed by atoms with Crippen LogP contribution in [0.1, 0.15) is 0 Å². The lowest BCUT2D eigenvalue weighted by atomic mass is 10.2. The zero-order valence-corrected chi connectivity index (χ0v) is 8.51. The second kappa shape index (κ2) is 4.44. The molecule has 1 aromatic rings. The summed E-state index contributed by atoms with van der Waals surface area (Å²) in [4.78, 5) is 12.0. The Morgan fingerprint density at radius 1 is 1.50 bits per heavy atom. The molecule has 1 aliphatic rings. The zero-order valence-electron chi connectivity index (χ0n) is 8.51. The Kier molecular flexibility index (Phi) is 3.00. The van der Waals surface area contributed by atoms with Crippen molar-refractivity contribution in [1.82, 2.24) is 0 Å². The Labute approximate surface area is 91.6 Å². The van der Waals surface area contributed by atoms with Gasteiger partial charge < -0.3 is 9.64 Å². The van der Waals surface area contributed by atoms with Crippen LogP contribution in [0.5, 0.6) is 0 Å². The normalized spacial score (nSPS) is 20.8. The third-order valence-corrected chi connectivity index (χ3v) is 2.44. The summed E-state index contributed by atoms with van der Waals surface area (Å²) in [6, 6.07) is 6.33. The van der Waals surface area contributed by atoms with Crippen LogP contribution < -0.4 is 4.90 Å². The van der Waals surface area contributed by atoms with E-state index in [4.69, 9.17) is 4.74 Å². The number of nitro benzene ring substituents is 1. The van der Waals surface area contributed by atoms with Gasteiger partial charge in [0.05, 0.1) is 18.1 Å². The number of hydrogen-bond acceptors (Lipinski definition) is 4. The summed E-state index contributed by atoms with van der Waals surface area (Å²) < 4.78 is 17.8. The van der Waals surface area contributed by atoms with Gasteiger partial charge in [-0.15, -0.1) is 0 Å². The molecule has 0 bridgehead atoms. The quantitative estimate of drug-likeness (QED) is 0.569. The molecule has 0 saturated carbocycles. The molecule has 0 aromatic heterocycles. The number of rotatable bonds is 2. The third kappa shape index (κ3) is 2.11. The molecule has 1 aromatic carbocycles. The molecule has 0 amide bonds. The zero-order chi connectivity index (χ0) is 11.5. The summed E-state index contributed by atoms with van der Waals surface area (Å²) in [6.45, 7) is 0.739. The summed E-state index contributed by atoms with van der Waals surface area (Å²) in [5.41, 5.74) is 0.440. The molecular weight excluding hydrogens is 215 g/mol. The number of morpholine rings is 1. The van der Waals surface area contributed by atoms with E-state index in [2.05, 4.69) is 0 Å². The van der Waals surface area contributed by atoms with Crippen LogP contribution in [0.15, 0.2) is 24.3 Å². The van der Waals surface area contributed by atoms with Crippen LogP contribution in [0.25, 0.3) is 0 Å². The van der Waals surface area contributed by atoms with Crippen LogP contribution in [-0.2, 0) is 4.74 Å². The first-order chi connectivity index (χ1) is 7.68. The van der Waals surface area contributed by atoms with Crippen molar-refractivity contribution in [3.63, 3.8) is 0 Å². The predicted octanol–water partition coefficient (Wildman–Crippen LogP) is 1.73. The van der Waals surface area contributed by atoms with Crippen molar-refractivity contribution < 1.29 is 14.1 Å². The SMILES string of the molecule is O=[N+]([O-])c1ccccc1N1CCOC(F)C1. The largest absolute Gasteiger partial charge is 0.358 e. The minimum Gasteiger partial charge on any atom is -0.358 e. The molecule has 1 unspecified atom stereocenters. The van der Waals surface area contributed by atoms with Gasteiger partial charge in [-0.25, -0.2) is 4.39 Å². The third-order valence-electron chi connectivity index (χ3n) is 2.44. The van der Waals surface area contributed by atoms with E-state index in [9.17, 15) is 14.5 Å². The average Bonchev–Trinajstić information content (AvgIpc) is 2.29. The van der Waals surface area contributed by atoms with Crippen molar-refractivity contribution in [3.8, 4) is 0 Å². The molecule has 5 nitrogen and oxygen atoms in total. The summed E-state index contributed by atoms with van der Waals surface area (Å²) in [5, 5.41) is 10.8. The van der Waals surface area contributed by atoms with Crippen LogP contribution in [0.2, 0.25) is 0 Å². The van der Waals surface area contributed by atoms with Crippen LogP contribution >= 0.6 is 0 Å². The monoisotopic (exact) mass is 226 g/mol. The Morgan fingerprint density at radius 3 is 2.94 bits per heavy atom. The van der Waals surface area contributed by atoms with Crippen LogP contribution in [-0.4, -0.2) is 31.0 Å². The maximum atomic E-state index is 13.0. The fourth-order valence-corrected chi connectivity index (χ4v) is 1.71. The number of halogens is 1. The number of nitro groups is 1. The first kappa shape index (κ1) is 10.8. The van der Waals surface area contributed by atoms with Gasteiger partial charge in [-0.05, 0) is 6.07 Å². The van der Waals surface area contributed by atoms with E-state index in [1.165, 1.54) is 6.07 Å². The molecule has 2 rings (SSSR count). The maximum Gasteiger partial charge on any atom is 0.292 e. The highest BCUT2D eigenvalue weighted by Gasteiger charge is 2.24. The van der Waals surface area contributed by atoms with E-state index >= 15 is 0 Å². The minimum atomic E-state index is -1.38. The van der Waals surface area contributed by atoms with Crippen LogP contribution in [0, 0.1) is 10.1 Å². The van der Waals surface area contributed by atoms with Gasteiger partial charge in [0.15, 0.2) is 0 Å². The molecule has 0 spiro atoms. The van der Waals surface area contributed by atoms with Gasteiger partial charge in [0.25, 0.3) is 5.69 Å². The van der Waals surface area contributed by atoms with Crippen LogP contribution in [0.4, 0.5) is 15.8 Å². The summed E-state index contributed by atoms with van der Waals surface area (Å²) in [6.07, 6.45) is -1.38. The molecule has 6 heteroatoms. The van der Waals surface area contributed by atoms with Crippen molar-refractivity contribution in [2.45, 2.75) is 6.36 Å². The van der Waals surface area contributed by atoms with E-state index in [1.54, 1.807) is 23.1 Å². The van der Waals surface area contributed by atoms with Crippen molar-refractivity contribution in [1.29, 1.82) is 0 Å². The minimum absolute atomic E-state index is 0.00315. The average molecular weight is 226 g/mol. The highest BCUT2D eigenvalue weighted by atomic mass is 19.1. The van der Waals surface area contributed by atoms with Gasteiger partial charge >= 0.3 is 0 Å². The molecule has 0 aliphatic carbocycles. The van der Waals surface area contributed by atoms with Gasteiger partial charge in [0, 0.05) is 12.6 Å². The van der Waals surface area contributed by atoms with E-state index in [0.29, 0.717) is 12.2 Å². The first-order valence-corrected chi connectivity index (χ1v) is 4.92. The van der Waals surface area contributed by atoms with Gasteiger partial charge in [-0.3, -0.25) is 10.1 Å². The second-order valence-electron chi connectivity index (χ2n) is 3.47. The highest BCUT2D eigenvalue weighted by molar-refractivity contribution is 5.63. The Morgan fingerprint density at radius 2 is 2.25 bits per heavy atom. The number of para-hydroxylation sites is 2. The molecule has 1 saturated heterocycles. The second-order valence-corrected chi connectivity index (χ2v) is 3.47. The van der Waals surface area contributed by atoms with Crippen LogP contribution in [0.3, 0.4) is 0 Å². The van der Waals surface area contributed by atoms with E-state index in [-0.39, 0.29) is 18.8 Å². The molecule has 16 heavy (non-hydrogen) atoms. The molecule has 1 fully saturated rings. The number of hydrogen-bond donors (Lipinski definition) is 0. The fourth-order valence-electron chi connectivity index (χ4n) is 1.71. The number of alkyl halides is 1. The Balaban J connectivity index is 2.28. The van der Waals surface area contributed by atoms with Gasteiger partial charge in [-0.2, -0.15) is 0 Å². The van der Waals surface area contributed by atoms with Crippen molar-refractivity contribution in [2.24, 2.45) is 0 Å². The summed E-state index contributed by atoms with van der Waals surface area (Å²) >= 11 is 0. The smallest absolute Gasteiger partial charge is 0.292 e. The van der Waals surface area contributed by atoms with E-state index < -0.39 is 11.3 Å². The molecule has 0 N–H and O–H groups in total. The lowest BCUT2D eigenvalue weighted by Crippen LogP contribution is -2.40. The van der Waals surface area contributed by atoms with Crippen molar-refractivity contribution in [3.05, 3.63) is 34.4 Å². The molecular formula is C10H11FN2O3. The maximum absolute atomic E-state index is 13.0. The highest BCUT2D eigenvalue weighted by Crippen LogP contribution is 2.28. The molecule has 1 aliphatic heterocycles. The predicted molar refractivity (Wildman–Crippen MR) is 56.2 cm³/mol. The van der Waals surface area contributed by atoms with E-state index in [0.717, 1.165) is 0 Å². The number of nitrogens with zero attached hydrogens (tertiary/aromatic N) is 2. The van der Waals surface area contributed by atoms with Crippen molar-refractivity contribution in [2.75, 3.05) is 24.6 Å². The number of ether oxygens (including phenoxy) is 1. The molecule has 1 atom stereocenters. The lowest BCUT2D eigenvalue weighted by Gasteiger charge is -2.30. The number of benzene rings is 1. The lowest BCUT2D eigenvalue weighted by molar-refractivity contribution is -0.384. The fraction of sp³-hybridized carbons (Fsp3) is 0.400. The standard InChI is InChI=1S/C10H11FN2O3/c11-10-7-12(5-6-16-10)8-3-1-2-4-9(8)13(14)15/h1-4,10H,5-7H2. The van der Waals surface area contributed by atoms with Gasteiger partial charge in [-0.1, -0.05) is 12.1 Å². The molecule has 1 heterocycles. The first-order valence-electron chi connectivity index (χ1n) is 4.92. The molecule has 86 valence electrons. The van der Waals surface area contributed by atoms with Crippen molar-refractivity contribution >= 4 is 11.4 Å². The van der Waals surface area contributed by atoms with E-state index in [1.807, 2.05) is 0 Å². The van der Waals surface area contributed by atoms with Gasteiger partial charge in [0.1, 0.15) is 5.69 Å². The van der Waals surface area contributed by atoms with Gasteiger partial charge in [0.2, 0.25) is 6.36 Å². The number of anilines is 1.